The first-order valence-electron chi connectivity index (χ1n) is 3.26. The van der Waals surface area contributed by atoms with Gasteiger partial charge in [0.15, 0.2) is 0 Å². The van der Waals surface area contributed by atoms with Crippen LogP contribution in [0.25, 0.3) is 0 Å². The van der Waals surface area contributed by atoms with Crippen molar-refractivity contribution in [1.82, 2.24) is 10.2 Å². The summed E-state index contributed by atoms with van der Waals surface area (Å²) in [5.74, 6) is 0.248. The van der Waals surface area contributed by atoms with Crippen LogP contribution in [-0.4, -0.2) is 31.4 Å². The molecule has 0 saturated carbocycles. The van der Waals surface area contributed by atoms with Crippen LogP contribution in [0, 0.1) is 0 Å². The van der Waals surface area contributed by atoms with Crippen molar-refractivity contribution in [3.63, 3.8) is 0 Å². The second kappa shape index (κ2) is 4.54. The highest BCUT2D eigenvalue weighted by molar-refractivity contribution is 7.90. The molecular weight excluding hydrogens is 218 g/mol. The van der Waals surface area contributed by atoms with Gasteiger partial charge in [0.2, 0.25) is 15.7 Å². The molecule has 0 amide bonds. The summed E-state index contributed by atoms with van der Waals surface area (Å²) in [6.07, 6.45) is 1.40. The van der Waals surface area contributed by atoms with E-state index < -0.39 is 9.84 Å². The van der Waals surface area contributed by atoms with E-state index in [9.17, 15) is 8.42 Å². The minimum atomic E-state index is -3.38. The zero-order valence-corrected chi connectivity index (χ0v) is 8.56. The van der Waals surface area contributed by atoms with Crippen LogP contribution in [0.2, 0.25) is 0 Å². The lowest BCUT2D eigenvalue weighted by atomic mass is 10.4. The number of rotatable bonds is 3. The quantitative estimate of drug-likeness (QED) is 0.740. The molecule has 8 heteroatoms. The fraction of sp³-hybridized carbons (Fsp3) is 0.600. The van der Waals surface area contributed by atoms with Crippen molar-refractivity contribution in [1.29, 1.82) is 0 Å². The monoisotopic (exact) mass is 227 g/mol. The molecule has 1 aromatic heterocycles. The van der Waals surface area contributed by atoms with Gasteiger partial charge in [0, 0.05) is 19.2 Å². The Hall–Kier alpha value is -0.660. The molecule has 0 spiro atoms. The van der Waals surface area contributed by atoms with E-state index in [0.717, 1.165) is 6.26 Å². The van der Waals surface area contributed by atoms with Crippen LogP contribution >= 0.6 is 12.4 Å². The Morgan fingerprint density at radius 1 is 1.46 bits per heavy atom. The third kappa shape index (κ3) is 3.29. The molecule has 0 aliphatic rings. The van der Waals surface area contributed by atoms with E-state index in [0.29, 0.717) is 13.0 Å². The van der Waals surface area contributed by atoms with Gasteiger partial charge in [-0.1, -0.05) is 5.10 Å². The van der Waals surface area contributed by atoms with E-state index in [4.69, 9.17) is 10.2 Å². The average molecular weight is 228 g/mol. The maximum atomic E-state index is 10.8. The van der Waals surface area contributed by atoms with Crippen molar-refractivity contribution in [3.8, 4) is 0 Å². The summed E-state index contributed by atoms with van der Waals surface area (Å²) in [5.41, 5.74) is 5.20. The molecule has 1 rings (SSSR count). The lowest BCUT2D eigenvalue weighted by molar-refractivity contribution is 0.398. The summed E-state index contributed by atoms with van der Waals surface area (Å²) in [4.78, 5) is 0. The highest BCUT2D eigenvalue weighted by Crippen LogP contribution is 2.06. The third-order valence-corrected chi connectivity index (χ3v) is 1.92. The standard InChI is InChI=1S/C5H9N3O3S.ClH/c1-12(9,10)5-8-7-4(11-5)2-3-6;/h2-3,6H2,1H3;1H. The van der Waals surface area contributed by atoms with Crippen molar-refractivity contribution in [2.24, 2.45) is 5.73 Å². The van der Waals surface area contributed by atoms with E-state index >= 15 is 0 Å². The van der Waals surface area contributed by atoms with Crippen LogP contribution in [0.1, 0.15) is 5.89 Å². The molecule has 0 bridgehead atoms. The maximum Gasteiger partial charge on any atom is 0.335 e. The highest BCUT2D eigenvalue weighted by atomic mass is 35.5. The van der Waals surface area contributed by atoms with Gasteiger partial charge in [-0.15, -0.1) is 17.5 Å². The maximum absolute atomic E-state index is 10.8. The fourth-order valence-corrected chi connectivity index (χ4v) is 1.05. The van der Waals surface area contributed by atoms with Gasteiger partial charge in [-0.2, -0.15) is 0 Å². The van der Waals surface area contributed by atoms with Crippen LogP contribution < -0.4 is 5.73 Å². The first kappa shape index (κ1) is 12.3. The topological polar surface area (TPSA) is 99.1 Å². The minimum absolute atomic E-state index is 0. The Morgan fingerprint density at radius 3 is 2.46 bits per heavy atom. The Kier molecular flexibility index (Phi) is 4.31. The minimum Gasteiger partial charge on any atom is -0.412 e. The van der Waals surface area contributed by atoms with Gasteiger partial charge in [-0.05, 0) is 0 Å². The summed E-state index contributed by atoms with van der Waals surface area (Å²) in [5, 5.41) is 6.49. The summed E-state index contributed by atoms with van der Waals surface area (Å²) >= 11 is 0. The molecule has 6 nitrogen and oxygen atoms in total. The van der Waals surface area contributed by atoms with Gasteiger partial charge in [-0.25, -0.2) is 8.42 Å². The van der Waals surface area contributed by atoms with Gasteiger partial charge in [-0.3, -0.25) is 0 Å². The van der Waals surface area contributed by atoms with E-state index in [1.807, 2.05) is 0 Å². The highest BCUT2D eigenvalue weighted by Gasteiger charge is 2.15. The van der Waals surface area contributed by atoms with Crippen molar-refractivity contribution >= 4 is 22.2 Å². The smallest absolute Gasteiger partial charge is 0.335 e. The van der Waals surface area contributed by atoms with Crippen molar-refractivity contribution in [2.75, 3.05) is 12.8 Å². The van der Waals surface area contributed by atoms with Crippen LogP contribution in [0.15, 0.2) is 9.64 Å². The molecule has 0 atom stereocenters. The summed E-state index contributed by atoms with van der Waals surface area (Å²) in [7, 11) is -3.38. The predicted molar refractivity (Wildman–Crippen MR) is 47.4 cm³/mol. The molecule has 0 aliphatic carbocycles. The van der Waals surface area contributed by atoms with Crippen LogP contribution in [0.3, 0.4) is 0 Å². The average Bonchev–Trinajstić information content (AvgIpc) is 2.35. The fourth-order valence-electron chi connectivity index (χ4n) is 0.613. The molecule has 2 N–H and O–H groups in total. The predicted octanol–water partition coefficient (Wildman–Crippen LogP) is -0.604. The first-order chi connectivity index (χ1) is 5.54. The molecular formula is C5H10ClN3O3S. The van der Waals surface area contributed by atoms with E-state index in [2.05, 4.69) is 10.2 Å². The van der Waals surface area contributed by atoms with Gasteiger partial charge in [0.25, 0.3) is 0 Å². The van der Waals surface area contributed by atoms with Crippen LogP contribution in [-0.2, 0) is 16.3 Å². The first-order valence-corrected chi connectivity index (χ1v) is 5.15. The van der Waals surface area contributed by atoms with Crippen LogP contribution in [0.5, 0.6) is 0 Å². The number of nitrogens with two attached hydrogens (primary N) is 1. The molecule has 0 aromatic carbocycles. The number of sulfone groups is 1. The Labute approximate surface area is 81.8 Å². The van der Waals surface area contributed by atoms with Crippen molar-refractivity contribution in [3.05, 3.63) is 5.89 Å². The zero-order chi connectivity index (χ0) is 9.19. The number of aromatic nitrogens is 2. The lowest BCUT2D eigenvalue weighted by Gasteiger charge is -1.87. The number of hydrogen-bond donors (Lipinski definition) is 1. The Bertz CT molecular complexity index is 361. The normalized spacial score (nSPS) is 10.9. The molecule has 0 saturated heterocycles. The molecule has 1 aromatic rings. The number of hydrogen-bond acceptors (Lipinski definition) is 6. The largest absolute Gasteiger partial charge is 0.412 e. The Balaban J connectivity index is 0.00000144. The number of halogens is 1. The molecule has 1 heterocycles. The summed E-state index contributed by atoms with van der Waals surface area (Å²) in [6, 6.07) is 0. The van der Waals surface area contributed by atoms with E-state index in [1.165, 1.54) is 0 Å². The van der Waals surface area contributed by atoms with Gasteiger partial charge in [0.1, 0.15) is 0 Å². The van der Waals surface area contributed by atoms with Gasteiger partial charge < -0.3 is 10.2 Å². The molecule has 0 unspecified atom stereocenters. The van der Waals surface area contributed by atoms with E-state index in [1.54, 1.807) is 0 Å². The van der Waals surface area contributed by atoms with Crippen LogP contribution in [0.4, 0.5) is 0 Å². The lowest BCUT2D eigenvalue weighted by Crippen LogP contribution is -2.02. The van der Waals surface area contributed by atoms with Gasteiger partial charge in [0.05, 0.1) is 0 Å². The van der Waals surface area contributed by atoms with E-state index in [-0.39, 0.29) is 23.5 Å². The number of nitrogens with zero attached hydrogens (tertiary/aromatic N) is 2. The molecule has 76 valence electrons. The summed E-state index contributed by atoms with van der Waals surface area (Å²) in [6.45, 7) is 0.353. The molecule has 0 fully saturated rings. The molecule has 0 aliphatic heterocycles. The molecule has 13 heavy (non-hydrogen) atoms. The Morgan fingerprint density at radius 2 is 2.08 bits per heavy atom. The van der Waals surface area contributed by atoms with Crippen molar-refractivity contribution in [2.45, 2.75) is 11.6 Å². The second-order valence-electron chi connectivity index (χ2n) is 2.27. The molecule has 0 radical (unpaired) electrons. The van der Waals surface area contributed by atoms with Crippen molar-refractivity contribution < 1.29 is 12.8 Å². The SMILES string of the molecule is CS(=O)(=O)c1nnc(CCN)o1.Cl. The second-order valence-corrected chi connectivity index (χ2v) is 4.17. The van der Waals surface area contributed by atoms with Gasteiger partial charge >= 0.3 is 5.22 Å². The zero-order valence-electron chi connectivity index (χ0n) is 6.93. The summed E-state index contributed by atoms with van der Waals surface area (Å²) < 4.78 is 26.4. The third-order valence-electron chi connectivity index (χ3n) is 1.12.